The highest BCUT2D eigenvalue weighted by atomic mass is 35.5. The number of nitriles is 1. The van der Waals surface area contributed by atoms with Gasteiger partial charge in [0, 0.05) is 20.7 Å². The molecule has 0 saturated heterocycles. The van der Waals surface area contributed by atoms with Crippen LogP contribution in [0.1, 0.15) is 5.56 Å². The maximum absolute atomic E-state index is 8.67. The van der Waals surface area contributed by atoms with Crippen LogP contribution in [-0.2, 0) is 6.42 Å². The summed E-state index contributed by atoms with van der Waals surface area (Å²) in [5.74, 6) is 0. The number of anilines is 1. The Morgan fingerprint density at radius 3 is 3.00 bits per heavy atom. The van der Waals surface area contributed by atoms with Crippen LogP contribution in [0.25, 0.3) is 10.1 Å². The van der Waals surface area contributed by atoms with Crippen LogP contribution in [0.15, 0.2) is 18.2 Å². The van der Waals surface area contributed by atoms with Crippen molar-refractivity contribution in [3.05, 3.63) is 28.8 Å². The first-order valence-corrected chi connectivity index (χ1v) is 5.26. The third kappa shape index (κ3) is 1.33. The molecule has 2 nitrogen and oxygen atoms in total. The SMILES string of the molecule is N#CCc1c(N)sc2cccc(Cl)c12. The van der Waals surface area contributed by atoms with Gasteiger partial charge in [-0.25, -0.2) is 0 Å². The minimum Gasteiger partial charge on any atom is -0.390 e. The molecule has 0 unspecified atom stereocenters. The van der Waals surface area contributed by atoms with Gasteiger partial charge in [-0.05, 0) is 12.1 Å². The smallest absolute Gasteiger partial charge is 0.0912 e. The van der Waals surface area contributed by atoms with Gasteiger partial charge in [-0.15, -0.1) is 11.3 Å². The van der Waals surface area contributed by atoms with E-state index in [4.69, 9.17) is 22.6 Å². The first-order chi connectivity index (χ1) is 6.74. The van der Waals surface area contributed by atoms with Crippen LogP contribution < -0.4 is 5.73 Å². The molecule has 1 heterocycles. The Kier molecular flexibility index (Phi) is 2.32. The topological polar surface area (TPSA) is 49.8 Å². The van der Waals surface area contributed by atoms with Crippen LogP contribution in [0.5, 0.6) is 0 Å². The molecular weight excluding hydrogens is 216 g/mol. The number of fused-ring (bicyclic) bond motifs is 1. The average molecular weight is 223 g/mol. The van der Waals surface area contributed by atoms with E-state index < -0.39 is 0 Å². The van der Waals surface area contributed by atoms with Gasteiger partial charge in [0.15, 0.2) is 0 Å². The fourth-order valence-electron chi connectivity index (χ4n) is 1.44. The van der Waals surface area contributed by atoms with E-state index in [0.717, 1.165) is 15.6 Å². The Labute approximate surface area is 90.5 Å². The standard InChI is InChI=1S/C10H7ClN2S/c11-7-2-1-3-8-9(7)6(4-5-12)10(13)14-8/h1-3H,4,13H2. The van der Waals surface area contributed by atoms with Crippen molar-refractivity contribution < 1.29 is 0 Å². The van der Waals surface area contributed by atoms with Crippen LogP contribution in [0.3, 0.4) is 0 Å². The second kappa shape index (κ2) is 3.49. The number of nitrogen functional groups attached to an aromatic ring is 1. The zero-order valence-electron chi connectivity index (χ0n) is 7.25. The van der Waals surface area contributed by atoms with Gasteiger partial charge in [0.25, 0.3) is 0 Å². The molecule has 70 valence electrons. The second-order valence-corrected chi connectivity index (χ2v) is 4.38. The van der Waals surface area contributed by atoms with Gasteiger partial charge in [-0.2, -0.15) is 5.26 Å². The summed E-state index contributed by atoms with van der Waals surface area (Å²) in [7, 11) is 0. The van der Waals surface area contributed by atoms with Gasteiger partial charge in [-0.1, -0.05) is 17.7 Å². The summed E-state index contributed by atoms with van der Waals surface area (Å²) in [4.78, 5) is 0. The number of nitrogens with two attached hydrogens (primary N) is 1. The van der Waals surface area contributed by atoms with Crippen molar-refractivity contribution in [2.24, 2.45) is 0 Å². The van der Waals surface area contributed by atoms with E-state index in [2.05, 4.69) is 6.07 Å². The Bertz CT molecular complexity index is 525. The number of rotatable bonds is 1. The molecule has 0 aliphatic carbocycles. The lowest BCUT2D eigenvalue weighted by Gasteiger charge is -1.96. The van der Waals surface area contributed by atoms with E-state index >= 15 is 0 Å². The fourth-order valence-corrected chi connectivity index (χ4v) is 2.80. The van der Waals surface area contributed by atoms with Gasteiger partial charge < -0.3 is 5.73 Å². The molecule has 0 amide bonds. The molecule has 1 aromatic carbocycles. The van der Waals surface area contributed by atoms with Crippen molar-refractivity contribution in [3.63, 3.8) is 0 Å². The summed E-state index contributed by atoms with van der Waals surface area (Å²) in [6, 6.07) is 7.76. The lowest BCUT2D eigenvalue weighted by atomic mass is 10.1. The molecular formula is C10H7ClN2S. The molecule has 4 heteroatoms. The van der Waals surface area contributed by atoms with Crippen molar-refractivity contribution in [2.75, 3.05) is 5.73 Å². The van der Waals surface area contributed by atoms with Crippen LogP contribution in [0.2, 0.25) is 5.02 Å². The Balaban J connectivity index is 2.81. The predicted octanol–water partition coefficient (Wildman–Crippen LogP) is 3.20. The van der Waals surface area contributed by atoms with Crippen molar-refractivity contribution in [1.82, 2.24) is 0 Å². The predicted molar refractivity (Wildman–Crippen MR) is 60.6 cm³/mol. The van der Waals surface area contributed by atoms with Crippen molar-refractivity contribution in [2.45, 2.75) is 6.42 Å². The molecule has 0 atom stereocenters. The first kappa shape index (κ1) is 9.32. The number of hydrogen-bond acceptors (Lipinski definition) is 3. The molecule has 0 fully saturated rings. The van der Waals surface area contributed by atoms with E-state index in [-0.39, 0.29) is 0 Å². The van der Waals surface area contributed by atoms with Gasteiger partial charge in [0.05, 0.1) is 17.5 Å². The monoisotopic (exact) mass is 222 g/mol. The molecule has 0 aliphatic heterocycles. The second-order valence-electron chi connectivity index (χ2n) is 2.89. The van der Waals surface area contributed by atoms with Crippen LogP contribution >= 0.6 is 22.9 Å². The van der Waals surface area contributed by atoms with Crippen LogP contribution in [0.4, 0.5) is 5.00 Å². The minimum absolute atomic E-state index is 0.315. The molecule has 0 spiro atoms. The van der Waals surface area contributed by atoms with E-state index in [0.29, 0.717) is 16.4 Å². The average Bonchev–Trinajstić information content (AvgIpc) is 2.45. The summed E-state index contributed by atoms with van der Waals surface area (Å²) in [6.07, 6.45) is 0.315. The molecule has 2 aromatic rings. The molecule has 2 rings (SSSR count). The number of thiophene rings is 1. The number of halogens is 1. The number of nitrogens with zero attached hydrogens (tertiary/aromatic N) is 1. The number of hydrogen-bond donors (Lipinski definition) is 1. The fraction of sp³-hybridized carbons (Fsp3) is 0.100. The quantitative estimate of drug-likeness (QED) is 0.806. The highest BCUT2D eigenvalue weighted by Gasteiger charge is 2.11. The molecule has 2 N–H and O–H groups in total. The zero-order chi connectivity index (χ0) is 10.1. The van der Waals surface area contributed by atoms with Gasteiger partial charge >= 0.3 is 0 Å². The molecule has 0 bridgehead atoms. The van der Waals surface area contributed by atoms with Crippen molar-refractivity contribution in [1.29, 1.82) is 5.26 Å². The van der Waals surface area contributed by atoms with E-state index in [1.807, 2.05) is 18.2 Å². The summed E-state index contributed by atoms with van der Waals surface area (Å²) in [5, 5.41) is 11.0. The highest BCUT2D eigenvalue weighted by molar-refractivity contribution is 7.23. The van der Waals surface area contributed by atoms with Gasteiger partial charge in [-0.3, -0.25) is 0 Å². The molecule has 14 heavy (non-hydrogen) atoms. The molecule has 1 aromatic heterocycles. The maximum Gasteiger partial charge on any atom is 0.0912 e. The minimum atomic E-state index is 0.315. The lowest BCUT2D eigenvalue weighted by Crippen LogP contribution is -1.87. The molecule has 0 radical (unpaired) electrons. The Morgan fingerprint density at radius 2 is 2.29 bits per heavy atom. The van der Waals surface area contributed by atoms with Crippen molar-refractivity contribution >= 4 is 38.0 Å². The van der Waals surface area contributed by atoms with E-state index in [1.54, 1.807) is 0 Å². The van der Waals surface area contributed by atoms with E-state index in [9.17, 15) is 0 Å². The lowest BCUT2D eigenvalue weighted by molar-refractivity contribution is 1.30. The first-order valence-electron chi connectivity index (χ1n) is 4.06. The van der Waals surface area contributed by atoms with Crippen LogP contribution in [-0.4, -0.2) is 0 Å². The highest BCUT2D eigenvalue weighted by Crippen LogP contribution is 2.37. The third-order valence-corrected chi connectivity index (χ3v) is 3.39. The van der Waals surface area contributed by atoms with Crippen LogP contribution in [0, 0.1) is 11.3 Å². The van der Waals surface area contributed by atoms with Gasteiger partial charge in [0.2, 0.25) is 0 Å². The third-order valence-electron chi connectivity index (χ3n) is 2.05. The molecule has 0 aliphatic rings. The largest absolute Gasteiger partial charge is 0.390 e. The normalized spacial score (nSPS) is 10.3. The Morgan fingerprint density at radius 1 is 1.50 bits per heavy atom. The summed E-state index contributed by atoms with van der Waals surface area (Å²) in [5.41, 5.74) is 6.68. The maximum atomic E-state index is 8.67. The summed E-state index contributed by atoms with van der Waals surface area (Å²) >= 11 is 7.53. The molecule has 0 saturated carbocycles. The number of benzene rings is 1. The van der Waals surface area contributed by atoms with E-state index in [1.165, 1.54) is 11.3 Å². The Hall–Kier alpha value is -1.24. The zero-order valence-corrected chi connectivity index (χ0v) is 8.82. The van der Waals surface area contributed by atoms with Crippen molar-refractivity contribution in [3.8, 4) is 6.07 Å². The summed E-state index contributed by atoms with van der Waals surface area (Å²) in [6.45, 7) is 0. The van der Waals surface area contributed by atoms with Gasteiger partial charge in [0.1, 0.15) is 0 Å². The summed E-state index contributed by atoms with van der Waals surface area (Å²) < 4.78 is 1.04.